The van der Waals surface area contributed by atoms with Crippen molar-refractivity contribution in [2.45, 2.75) is 13.8 Å². The molecule has 14 heavy (non-hydrogen) atoms. The average Bonchev–Trinajstić information content (AvgIpc) is 2.12. The summed E-state index contributed by atoms with van der Waals surface area (Å²) < 4.78 is 4.48. The molecule has 0 saturated heterocycles. The molecule has 0 heterocycles. The van der Waals surface area contributed by atoms with E-state index in [0.29, 0.717) is 0 Å². The van der Waals surface area contributed by atoms with Crippen molar-refractivity contribution in [1.29, 1.82) is 5.26 Å². The van der Waals surface area contributed by atoms with Crippen LogP contribution in [0, 0.1) is 11.3 Å². The van der Waals surface area contributed by atoms with E-state index in [2.05, 4.69) is 11.3 Å². The number of hydrogen-bond acceptors (Lipinski definition) is 4. The number of esters is 1. The van der Waals surface area contributed by atoms with Crippen molar-refractivity contribution >= 4 is 11.9 Å². The molecule has 1 N–H and O–H groups in total. The number of hydrogen-bond donors (Lipinski definition) is 1. The van der Waals surface area contributed by atoms with E-state index in [1.165, 1.54) is 19.9 Å². The minimum absolute atomic E-state index is 0.0935. The Labute approximate surface area is 80.9 Å². The predicted molar refractivity (Wildman–Crippen MR) is 46.9 cm³/mol. The number of aliphatic carboxylic acids is 1. The lowest BCUT2D eigenvalue weighted by molar-refractivity contribution is -0.135. The highest BCUT2D eigenvalue weighted by Gasteiger charge is 2.14. The number of allylic oxidation sites excluding steroid dienone is 1. The normalized spacial score (nSPS) is 10.9. The molecule has 5 nitrogen and oxygen atoms in total. The number of nitriles is 1. The van der Waals surface area contributed by atoms with Crippen LogP contribution in [0.5, 0.6) is 0 Å². The minimum Gasteiger partial charge on any atom is -0.478 e. The maximum absolute atomic E-state index is 10.9. The molecule has 0 aromatic rings. The molecular formula is C9H9NO4. The minimum atomic E-state index is -1.31. The van der Waals surface area contributed by atoms with Gasteiger partial charge in [0, 0.05) is 5.57 Å². The molecule has 0 spiro atoms. The molecule has 0 unspecified atom stereocenters. The molecule has 5 heteroatoms. The standard InChI is InChI=1S/C9H9NO4/c1-5(2)9(13)14-7(4-10)6(3)8(11)12/h1H2,2-3H3,(H,11,12). The number of carbonyl (C=O) groups is 2. The van der Waals surface area contributed by atoms with Crippen LogP contribution in [0.4, 0.5) is 0 Å². The fourth-order valence-corrected chi connectivity index (χ4v) is 0.460. The van der Waals surface area contributed by atoms with Crippen molar-refractivity contribution in [1.82, 2.24) is 0 Å². The summed E-state index contributed by atoms with van der Waals surface area (Å²) in [5, 5.41) is 17.0. The number of ether oxygens (including phenoxy) is 1. The first-order valence-electron chi connectivity index (χ1n) is 3.62. The Balaban J connectivity index is 4.89. The number of carboxylic acid groups (broad SMARTS) is 1. The Morgan fingerprint density at radius 1 is 1.43 bits per heavy atom. The molecule has 0 aromatic carbocycles. The zero-order valence-electron chi connectivity index (χ0n) is 7.83. The molecule has 74 valence electrons. The topological polar surface area (TPSA) is 87.4 Å². The number of carbonyl (C=O) groups excluding carboxylic acids is 1. The molecule has 0 radical (unpaired) electrons. The Kier molecular flexibility index (Phi) is 4.10. The van der Waals surface area contributed by atoms with E-state index >= 15 is 0 Å². The van der Waals surface area contributed by atoms with Gasteiger partial charge in [0.1, 0.15) is 6.07 Å². The van der Waals surface area contributed by atoms with Gasteiger partial charge >= 0.3 is 11.9 Å². The predicted octanol–water partition coefficient (Wildman–Crippen LogP) is 0.988. The Hall–Kier alpha value is -2.09. The number of rotatable bonds is 3. The lowest BCUT2D eigenvalue weighted by Gasteiger charge is -2.02. The summed E-state index contributed by atoms with van der Waals surface area (Å²) in [7, 11) is 0. The highest BCUT2D eigenvalue weighted by molar-refractivity contribution is 5.91. The van der Waals surface area contributed by atoms with Gasteiger partial charge in [0.25, 0.3) is 0 Å². The van der Waals surface area contributed by atoms with Crippen molar-refractivity contribution in [3.63, 3.8) is 0 Å². The maximum Gasteiger partial charge on any atom is 0.339 e. The van der Waals surface area contributed by atoms with E-state index in [4.69, 9.17) is 10.4 Å². The van der Waals surface area contributed by atoms with Crippen molar-refractivity contribution in [2.75, 3.05) is 0 Å². The first-order chi connectivity index (χ1) is 6.40. The smallest absolute Gasteiger partial charge is 0.339 e. The van der Waals surface area contributed by atoms with E-state index in [1.807, 2.05) is 0 Å². The van der Waals surface area contributed by atoms with Gasteiger partial charge in [-0.2, -0.15) is 5.26 Å². The first-order valence-corrected chi connectivity index (χ1v) is 3.62. The molecule has 0 aliphatic carbocycles. The van der Waals surface area contributed by atoms with Gasteiger partial charge in [-0.1, -0.05) is 6.58 Å². The van der Waals surface area contributed by atoms with E-state index < -0.39 is 17.7 Å². The van der Waals surface area contributed by atoms with Gasteiger partial charge in [-0.25, -0.2) is 9.59 Å². The summed E-state index contributed by atoms with van der Waals surface area (Å²) in [5.74, 6) is -2.65. The first kappa shape index (κ1) is 11.9. The van der Waals surface area contributed by atoms with Crippen molar-refractivity contribution in [3.05, 3.63) is 23.5 Å². The quantitative estimate of drug-likeness (QED) is 0.314. The summed E-state index contributed by atoms with van der Waals surface area (Å²) in [6, 6.07) is 1.48. The van der Waals surface area contributed by atoms with Crippen LogP contribution < -0.4 is 0 Å². The number of nitrogens with zero attached hydrogens (tertiary/aromatic N) is 1. The monoisotopic (exact) mass is 195 g/mol. The second-order valence-electron chi connectivity index (χ2n) is 2.54. The highest BCUT2D eigenvalue weighted by atomic mass is 16.5. The van der Waals surface area contributed by atoms with Gasteiger partial charge in [0.2, 0.25) is 5.76 Å². The second kappa shape index (κ2) is 4.82. The fourth-order valence-electron chi connectivity index (χ4n) is 0.460. The van der Waals surface area contributed by atoms with E-state index in [-0.39, 0.29) is 11.1 Å². The molecule has 0 bridgehead atoms. The SMILES string of the molecule is C=C(C)C(=O)OC(C#N)=C(C)C(=O)O. The summed E-state index contributed by atoms with van der Waals surface area (Å²) in [6.07, 6.45) is 0. The third kappa shape index (κ3) is 3.11. The summed E-state index contributed by atoms with van der Waals surface area (Å²) in [6.45, 7) is 5.86. The van der Waals surface area contributed by atoms with Gasteiger partial charge in [0.05, 0.1) is 5.57 Å². The van der Waals surface area contributed by atoms with Gasteiger partial charge < -0.3 is 9.84 Å². The van der Waals surface area contributed by atoms with Crippen molar-refractivity contribution < 1.29 is 19.4 Å². The fraction of sp³-hybridized carbons (Fsp3) is 0.222. The summed E-state index contributed by atoms with van der Waals surface area (Å²) in [5.41, 5.74) is -0.224. The second-order valence-corrected chi connectivity index (χ2v) is 2.54. The average molecular weight is 195 g/mol. The molecule has 0 aliphatic rings. The zero-order chi connectivity index (χ0) is 11.3. The van der Waals surface area contributed by atoms with Gasteiger partial charge in [0.15, 0.2) is 0 Å². The molecule has 0 saturated carbocycles. The zero-order valence-corrected chi connectivity index (χ0v) is 7.83. The summed E-state index contributed by atoms with van der Waals surface area (Å²) >= 11 is 0. The van der Waals surface area contributed by atoms with Crippen LogP contribution in [0.2, 0.25) is 0 Å². The lowest BCUT2D eigenvalue weighted by atomic mass is 10.2. The molecule has 0 rings (SSSR count). The van der Waals surface area contributed by atoms with Crippen LogP contribution >= 0.6 is 0 Å². The van der Waals surface area contributed by atoms with Crippen LogP contribution in [0.25, 0.3) is 0 Å². The van der Waals surface area contributed by atoms with E-state index in [1.54, 1.807) is 0 Å². The van der Waals surface area contributed by atoms with Crippen LogP contribution in [-0.4, -0.2) is 17.0 Å². The lowest BCUT2D eigenvalue weighted by Crippen LogP contribution is -2.08. The molecule has 0 fully saturated rings. The van der Waals surface area contributed by atoms with Crippen molar-refractivity contribution in [3.8, 4) is 6.07 Å². The van der Waals surface area contributed by atoms with Gasteiger partial charge in [-0.15, -0.1) is 0 Å². The van der Waals surface area contributed by atoms with E-state index in [0.717, 1.165) is 0 Å². The van der Waals surface area contributed by atoms with Gasteiger partial charge in [-0.3, -0.25) is 0 Å². The van der Waals surface area contributed by atoms with Crippen molar-refractivity contribution in [2.24, 2.45) is 0 Å². The third-order valence-corrected chi connectivity index (χ3v) is 1.31. The van der Waals surface area contributed by atoms with Crippen LogP contribution in [0.1, 0.15) is 13.8 Å². The molecule has 0 atom stereocenters. The van der Waals surface area contributed by atoms with Gasteiger partial charge in [-0.05, 0) is 13.8 Å². The Morgan fingerprint density at radius 2 is 1.93 bits per heavy atom. The largest absolute Gasteiger partial charge is 0.478 e. The molecule has 0 aliphatic heterocycles. The Bertz CT molecular complexity index is 359. The Morgan fingerprint density at radius 3 is 2.21 bits per heavy atom. The summed E-state index contributed by atoms with van der Waals surface area (Å²) in [4.78, 5) is 21.4. The van der Waals surface area contributed by atoms with Crippen LogP contribution in [-0.2, 0) is 14.3 Å². The third-order valence-electron chi connectivity index (χ3n) is 1.31. The number of carboxylic acids is 1. The molecule has 0 aromatic heterocycles. The highest BCUT2D eigenvalue weighted by Crippen LogP contribution is 2.07. The molecule has 0 amide bonds. The molecular weight excluding hydrogens is 186 g/mol. The van der Waals surface area contributed by atoms with Crippen LogP contribution in [0.3, 0.4) is 0 Å². The maximum atomic E-state index is 10.9. The van der Waals surface area contributed by atoms with Crippen LogP contribution in [0.15, 0.2) is 23.5 Å². The van der Waals surface area contributed by atoms with E-state index in [9.17, 15) is 9.59 Å².